The summed E-state index contributed by atoms with van der Waals surface area (Å²) in [5.41, 5.74) is 6.70. The number of carbonyl (C=O) groups excluding carboxylic acids is 2. The van der Waals surface area contributed by atoms with Crippen LogP contribution in [0.25, 0.3) is 6.08 Å². The number of hydrogen-bond acceptors (Lipinski definition) is 7. The van der Waals surface area contributed by atoms with Crippen LogP contribution >= 0.6 is 0 Å². The molecule has 0 saturated carbocycles. The van der Waals surface area contributed by atoms with E-state index in [0.29, 0.717) is 45.4 Å². The molecule has 0 aromatic heterocycles. The Balaban J connectivity index is 1.99. The van der Waals surface area contributed by atoms with E-state index in [1.165, 1.54) is 21.3 Å². The van der Waals surface area contributed by atoms with E-state index < -0.39 is 5.91 Å². The number of allylic oxidation sites excluding steroid dienone is 1. The van der Waals surface area contributed by atoms with Crippen molar-refractivity contribution in [3.63, 3.8) is 0 Å². The number of hydrogen-bond donors (Lipinski definition) is 1. The van der Waals surface area contributed by atoms with Gasteiger partial charge in [0.2, 0.25) is 5.78 Å². The zero-order valence-corrected chi connectivity index (χ0v) is 16.5. The highest BCUT2D eigenvalue weighted by Crippen LogP contribution is 2.41. The summed E-state index contributed by atoms with van der Waals surface area (Å²) in [6.07, 6.45) is 1.58. The maximum absolute atomic E-state index is 12.8. The van der Waals surface area contributed by atoms with Gasteiger partial charge >= 0.3 is 0 Å². The van der Waals surface area contributed by atoms with E-state index in [2.05, 4.69) is 0 Å². The molecule has 2 N–H and O–H groups in total. The van der Waals surface area contributed by atoms with Crippen molar-refractivity contribution in [2.75, 3.05) is 27.9 Å². The van der Waals surface area contributed by atoms with Crippen LogP contribution in [0.3, 0.4) is 0 Å². The molecule has 1 heterocycles. The molecule has 1 amide bonds. The molecule has 0 fully saturated rings. The van der Waals surface area contributed by atoms with Crippen LogP contribution in [0, 0.1) is 6.92 Å². The van der Waals surface area contributed by atoms with Crippen LogP contribution in [0.15, 0.2) is 30.0 Å². The Hall–Kier alpha value is -3.68. The van der Waals surface area contributed by atoms with Crippen LogP contribution in [0.5, 0.6) is 28.7 Å². The summed E-state index contributed by atoms with van der Waals surface area (Å²) in [4.78, 5) is 23.8. The van der Waals surface area contributed by atoms with Gasteiger partial charge in [-0.25, -0.2) is 0 Å². The summed E-state index contributed by atoms with van der Waals surface area (Å²) in [5.74, 6) is 1.53. The minimum Gasteiger partial charge on any atom is -0.496 e. The molecule has 0 saturated heterocycles. The fourth-order valence-electron chi connectivity index (χ4n) is 2.98. The first-order valence-corrected chi connectivity index (χ1v) is 8.68. The smallest absolute Gasteiger partial charge is 0.255 e. The number of carbonyl (C=O) groups is 2. The highest BCUT2D eigenvalue weighted by atomic mass is 16.5. The van der Waals surface area contributed by atoms with Crippen molar-refractivity contribution < 1.29 is 33.3 Å². The van der Waals surface area contributed by atoms with E-state index in [-0.39, 0.29) is 18.1 Å². The molecule has 1 aliphatic rings. The molecule has 0 bridgehead atoms. The van der Waals surface area contributed by atoms with Gasteiger partial charge in [0, 0.05) is 17.2 Å². The summed E-state index contributed by atoms with van der Waals surface area (Å²) in [7, 11) is 4.56. The first-order valence-electron chi connectivity index (χ1n) is 8.68. The molecule has 0 radical (unpaired) electrons. The maximum Gasteiger partial charge on any atom is 0.255 e. The predicted molar refractivity (Wildman–Crippen MR) is 105 cm³/mol. The minimum absolute atomic E-state index is 0.126. The fourth-order valence-corrected chi connectivity index (χ4v) is 2.98. The normalized spacial score (nSPS) is 13.7. The maximum atomic E-state index is 12.8. The molecule has 0 unspecified atom stereocenters. The fraction of sp³-hybridized carbons (Fsp3) is 0.238. The van der Waals surface area contributed by atoms with Gasteiger partial charge in [-0.3, -0.25) is 9.59 Å². The number of rotatable bonds is 7. The molecular weight excluding hydrogens is 378 g/mol. The number of ketones is 1. The standard InChI is InChI=1S/C21H21NO7/c1-11-14(28-10-19(22)23)6-5-13-20(24)18(29-21(11)13)8-12-7-16(26-3)17(27-4)9-15(12)25-2/h5-9H,10H2,1-4H3,(H2,22,23)/b18-8-. The van der Waals surface area contributed by atoms with Crippen molar-refractivity contribution in [1.82, 2.24) is 0 Å². The Morgan fingerprint density at radius 2 is 1.69 bits per heavy atom. The van der Waals surface area contributed by atoms with Gasteiger partial charge in [-0.2, -0.15) is 0 Å². The molecule has 3 rings (SSSR count). The largest absolute Gasteiger partial charge is 0.496 e. The van der Waals surface area contributed by atoms with E-state index in [4.69, 9.17) is 29.4 Å². The van der Waals surface area contributed by atoms with Crippen LogP contribution in [0.1, 0.15) is 21.5 Å². The Labute approximate surface area is 167 Å². The number of benzene rings is 2. The lowest BCUT2D eigenvalue weighted by atomic mass is 10.1. The summed E-state index contributed by atoms with van der Waals surface area (Å²) < 4.78 is 27.2. The van der Waals surface area contributed by atoms with Gasteiger partial charge in [0.25, 0.3) is 5.91 Å². The van der Waals surface area contributed by atoms with E-state index in [9.17, 15) is 9.59 Å². The van der Waals surface area contributed by atoms with Crippen LogP contribution in [0.2, 0.25) is 0 Å². The zero-order valence-electron chi connectivity index (χ0n) is 16.5. The highest BCUT2D eigenvalue weighted by Gasteiger charge is 2.30. The Kier molecular flexibility index (Phi) is 5.63. The van der Waals surface area contributed by atoms with E-state index >= 15 is 0 Å². The molecule has 1 aliphatic heterocycles. The lowest BCUT2D eigenvalue weighted by Crippen LogP contribution is -2.20. The monoisotopic (exact) mass is 399 g/mol. The molecule has 152 valence electrons. The predicted octanol–water partition coefficient (Wildman–Crippen LogP) is 2.50. The summed E-state index contributed by atoms with van der Waals surface area (Å²) in [5, 5.41) is 0. The van der Waals surface area contributed by atoms with Crippen LogP contribution < -0.4 is 29.4 Å². The van der Waals surface area contributed by atoms with Gasteiger partial charge in [-0.1, -0.05) is 0 Å². The third-order valence-corrected chi connectivity index (χ3v) is 4.43. The number of ether oxygens (including phenoxy) is 5. The lowest BCUT2D eigenvalue weighted by molar-refractivity contribution is -0.119. The topological polar surface area (TPSA) is 106 Å². The van der Waals surface area contributed by atoms with Crippen LogP contribution in [-0.2, 0) is 4.79 Å². The van der Waals surface area contributed by atoms with Crippen molar-refractivity contribution >= 4 is 17.8 Å². The molecule has 0 spiro atoms. The number of primary amides is 1. The van der Waals surface area contributed by atoms with Crippen molar-refractivity contribution in [2.24, 2.45) is 5.73 Å². The number of nitrogens with two attached hydrogens (primary N) is 1. The molecule has 0 atom stereocenters. The quantitative estimate of drug-likeness (QED) is 0.713. The van der Waals surface area contributed by atoms with Crippen LogP contribution in [-0.4, -0.2) is 39.6 Å². The summed E-state index contributed by atoms with van der Waals surface area (Å²) in [6.45, 7) is 1.47. The van der Waals surface area contributed by atoms with E-state index in [1.54, 1.807) is 37.3 Å². The second-order valence-corrected chi connectivity index (χ2v) is 6.21. The number of amides is 1. The third-order valence-electron chi connectivity index (χ3n) is 4.43. The summed E-state index contributed by atoms with van der Waals surface area (Å²) >= 11 is 0. The number of Topliss-reactive ketones (excluding diaryl/α,β-unsaturated/α-hetero) is 1. The number of methoxy groups -OCH3 is 3. The van der Waals surface area contributed by atoms with Gasteiger partial charge < -0.3 is 29.4 Å². The van der Waals surface area contributed by atoms with Crippen molar-refractivity contribution in [1.29, 1.82) is 0 Å². The van der Waals surface area contributed by atoms with Crippen molar-refractivity contribution in [3.05, 3.63) is 46.7 Å². The molecule has 2 aromatic rings. The zero-order chi connectivity index (χ0) is 21.1. The second-order valence-electron chi connectivity index (χ2n) is 6.21. The SMILES string of the molecule is COc1cc(OC)c(OC)cc1/C=C1\Oc2c(ccc(OCC(N)=O)c2C)C1=O. The molecule has 2 aromatic carbocycles. The molecule has 8 nitrogen and oxygen atoms in total. The van der Waals surface area contributed by atoms with Gasteiger partial charge in [0.1, 0.15) is 17.2 Å². The van der Waals surface area contributed by atoms with E-state index in [0.717, 1.165) is 0 Å². The molecule has 8 heteroatoms. The lowest BCUT2D eigenvalue weighted by Gasteiger charge is -2.12. The second kappa shape index (κ2) is 8.14. The average Bonchev–Trinajstić information content (AvgIpc) is 3.03. The molecular formula is C21H21NO7. The van der Waals surface area contributed by atoms with Gasteiger partial charge in [0.15, 0.2) is 23.9 Å². The van der Waals surface area contributed by atoms with Gasteiger partial charge in [-0.05, 0) is 31.2 Å². The third kappa shape index (κ3) is 3.82. The van der Waals surface area contributed by atoms with Gasteiger partial charge in [-0.15, -0.1) is 0 Å². The number of fused-ring (bicyclic) bond motifs is 1. The summed E-state index contributed by atoms with van der Waals surface area (Å²) in [6, 6.07) is 6.56. The Morgan fingerprint density at radius 1 is 1.03 bits per heavy atom. The van der Waals surface area contributed by atoms with Crippen LogP contribution in [0.4, 0.5) is 0 Å². The Bertz CT molecular complexity index is 1010. The van der Waals surface area contributed by atoms with Crippen molar-refractivity contribution in [3.8, 4) is 28.7 Å². The molecule has 29 heavy (non-hydrogen) atoms. The molecule has 0 aliphatic carbocycles. The first-order chi connectivity index (χ1) is 13.9. The first kappa shape index (κ1) is 20.1. The van der Waals surface area contributed by atoms with E-state index in [1.807, 2.05) is 0 Å². The minimum atomic E-state index is -0.594. The average molecular weight is 399 g/mol. The Morgan fingerprint density at radius 3 is 2.31 bits per heavy atom. The van der Waals surface area contributed by atoms with Gasteiger partial charge in [0.05, 0.1) is 26.9 Å². The van der Waals surface area contributed by atoms with Crippen molar-refractivity contribution in [2.45, 2.75) is 6.92 Å². The highest BCUT2D eigenvalue weighted by molar-refractivity contribution is 6.15.